The number of carbonyl (C=O) groups is 1. The van der Waals surface area contributed by atoms with Gasteiger partial charge in [-0.25, -0.2) is 0 Å². The Hall–Kier alpha value is -3.00. The second kappa shape index (κ2) is 10.9. The van der Waals surface area contributed by atoms with Crippen LogP contribution < -0.4 is 14.8 Å². The molecular formula is C23H28N4O3S. The van der Waals surface area contributed by atoms with Gasteiger partial charge in [-0.15, -0.1) is 10.2 Å². The summed E-state index contributed by atoms with van der Waals surface area (Å²) in [5.41, 5.74) is 1.07. The minimum absolute atomic E-state index is 0.0470. The Labute approximate surface area is 187 Å². The molecule has 0 saturated heterocycles. The number of nitrogens with one attached hydrogen (secondary N) is 1. The van der Waals surface area contributed by atoms with E-state index in [9.17, 15) is 4.79 Å². The molecule has 164 valence electrons. The van der Waals surface area contributed by atoms with Gasteiger partial charge in [0.15, 0.2) is 17.1 Å². The number of amides is 1. The number of methoxy groups -OCH3 is 1. The van der Waals surface area contributed by atoms with Crippen LogP contribution in [0.5, 0.6) is 11.5 Å². The van der Waals surface area contributed by atoms with Crippen LogP contribution >= 0.6 is 11.8 Å². The Morgan fingerprint density at radius 3 is 2.55 bits per heavy atom. The van der Waals surface area contributed by atoms with E-state index in [0.717, 1.165) is 11.3 Å². The van der Waals surface area contributed by atoms with E-state index < -0.39 is 0 Å². The van der Waals surface area contributed by atoms with E-state index in [2.05, 4.69) is 15.5 Å². The molecule has 0 bridgehead atoms. The predicted molar refractivity (Wildman–Crippen MR) is 121 cm³/mol. The van der Waals surface area contributed by atoms with Crippen molar-refractivity contribution in [3.63, 3.8) is 0 Å². The third-order valence-electron chi connectivity index (χ3n) is 4.79. The summed E-state index contributed by atoms with van der Waals surface area (Å²) < 4.78 is 13.3. The van der Waals surface area contributed by atoms with E-state index >= 15 is 0 Å². The molecule has 2 unspecified atom stereocenters. The van der Waals surface area contributed by atoms with Crippen LogP contribution in [-0.4, -0.2) is 33.5 Å². The van der Waals surface area contributed by atoms with Crippen LogP contribution in [0.1, 0.15) is 44.3 Å². The summed E-state index contributed by atoms with van der Waals surface area (Å²) in [5, 5.41) is 12.3. The maximum atomic E-state index is 12.4. The van der Waals surface area contributed by atoms with Gasteiger partial charge in [0.1, 0.15) is 11.5 Å². The first kappa shape index (κ1) is 22.7. The van der Waals surface area contributed by atoms with Crippen LogP contribution in [0.2, 0.25) is 0 Å². The second-order valence-electron chi connectivity index (χ2n) is 7.01. The topological polar surface area (TPSA) is 78.3 Å². The summed E-state index contributed by atoms with van der Waals surface area (Å²) in [6.45, 7) is 6.60. The van der Waals surface area contributed by atoms with Crippen molar-refractivity contribution in [3.8, 4) is 11.5 Å². The standard InChI is InChI=1S/C23H28N4O3S/c1-5-27-22(17(3)30-20-13-9-12-19(14-20)29-4)25-26-23(27)31-15-21(28)24-16(2)18-10-7-6-8-11-18/h6-14,16-17H,5,15H2,1-4H3,(H,24,28). The molecule has 0 radical (unpaired) electrons. The average molecular weight is 441 g/mol. The molecule has 2 atom stereocenters. The van der Waals surface area contributed by atoms with E-state index in [1.807, 2.05) is 79.9 Å². The molecule has 1 N–H and O–H groups in total. The fourth-order valence-corrected chi connectivity index (χ4v) is 3.99. The minimum Gasteiger partial charge on any atom is -0.497 e. The van der Waals surface area contributed by atoms with Gasteiger partial charge in [-0.2, -0.15) is 0 Å². The summed E-state index contributed by atoms with van der Waals surface area (Å²) in [5.74, 6) is 2.36. The fraction of sp³-hybridized carbons (Fsp3) is 0.348. The first-order chi connectivity index (χ1) is 15.0. The Morgan fingerprint density at radius 1 is 1.10 bits per heavy atom. The molecule has 2 aromatic carbocycles. The highest BCUT2D eigenvalue weighted by Gasteiger charge is 2.20. The van der Waals surface area contributed by atoms with Crippen molar-refractivity contribution in [1.82, 2.24) is 20.1 Å². The number of hydrogen-bond acceptors (Lipinski definition) is 6. The molecule has 0 aliphatic heterocycles. The van der Waals surface area contributed by atoms with Crippen molar-refractivity contribution in [2.24, 2.45) is 0 Å². The summed E-state index contributed by atoms with van der Waals surface area (Å²) in [6, 6.07) is 17.3. The maximum absolute atomic E-state index is 12.4. The molecule has 0 spiro atoms. The van der Waals surface area contributed by atoms with Gasteiger partial charge in [-0.3, -0.25) is 4.79 Å². The normalized spacial score (nSPS) is 12.8. The Balaban J connectivity index is 1.60. The lowest BCUT2D eigenvalue weighted by atomic mass is 10.1. The molecule has 7 nitrogen and oxygen atoms in total. The molecule has 8 heteroatoms. The largest absolute Gasteiger partial charge is 0.497 e. The lowest BCUT2D eigenvalue weighted by Gasteiger charge is -2.16. The third-order valence-corrected chi connectivity index (χ3v) is 5.76. The first-order valence-electron chi connectivity index (χ1n) is 10.2. The van der Waals surface area contributed by atoms with Crippen LogP contribution in [0.3, 0.4) is 0 Å². The van der Waals surface area contributed by atoms with E-state index in [1.165, 1.54) is 11.8 Å². The quantitative estimate of drug-likeness (QED) is 0.470. The second-order valence-corrected chi connectivity index (χ2v) is 7.96. The van der Waals surface area contributed by atoms with Crippen LogP contribution in [0.4, 0.5) is 0 Å². The van der Waals surface area contributed by atoms with Crippen LogP contribution in [0, 0.1) is 0 Å². The number of benzene rings is 2. The summed E-state index contributed by atoms with van der Waals surface area (Å²) >= 11 is 1.37. The van der Waals surface area contributed by atoms with Crippen LogP contribution in [0.25, 0.3) is 0 Å². The third kappa shape index (κ3) is 6.01. The number of thioether (sulfide) groups is 1. The predicted octanol–water partition coefficient (Wildman–Crippen LogP) is 4.42. The molecular weight excluding hydrogens is 412 g/mol. The highest BCUT2D eigenvalue weighted by Crippen LogP contribution is 2.26. The molecule has 31 heavy (non-hydrogen) atoms. The fourth-order valence-electron chi connectivity index (χ4n) is 3.17. The molecule has 0 fully saturated rings. The molecule has 1 aromatic heterocycles. The highest BCUT2D eigenvalue weighted by molar-refractivity contribution is 7.99. The van der Waals surface area contributed by atoms with Gasteiger partial charge in [-0.1, -0.05) is 48.2 Å². The van der Waals surface area contributed by atoms with E-state index in [1.54, 1.807) is 7.11 Å². The van der Waals surface area contributed by atoms with Crippen molar-refractivity contribution < 1.29 is 14.3 Å². The zero-order valence-corrected chi connectivity index (χ0v) is 19.1. The number of nitrogens with zero attached hydrogens (tertiary/aromatic N) is 3. The highest BCUT2D eigenvalue weighted by atomic mass is 32.2. The van der Waals surface area contributed by atoms with Crippen LogP contribution in [0.15, 0.2) is 59.8 Å². The van der Waals surface area contributed by atoms with Crippen molar-refractivity contribution >= 4 is 17.7 Å². The summed E-state index contributed by atoms with van der Waals surface area (Å²) in [6.07, 6.45) is -0.305. The zero-order chi connectivity index (χ0) is 22.2. The van der Waals surface area contributed by atoms with Gasteiger partial charge in [-0.05, 0) is 38.5 Å². The van der Waals surface area contributed by atoms with Crippen molar-refractivity contribution in [2.75, 3.05) is 12.9 Å². The number of rotatable bonds is 10. The number of carbonyl (C=O) groups excluding carboxylic acids is 1. The van der Waals surface area contributed by atoms with Gasteiger partial charge >= 0.3 is 0 Å². The number of ether oxygens (including phenoxy) is 2. The Morgan fingerprint density at radius 2 is 1.84 bits per heavy atom. The molecule has 1 amide bonds. The minimum atomic E-state index is -0.305. The van der Waals surface area contributed by atoms with Gasteiger partial charge in [0.05, 0.1) is 18.9 Å². The first-order valence-corrected chi connectivity index (χ1v) is 11.2. The number of hydrogen-bond donors (Lipinski definition) is 1. The van der Waals surface area contributed by atoms with E-state index in [0.29, 0.717) is 23.3 Å². The van der Waals surface area contributed by atoms with E-state index in [4.69, 9.17) is 9.47 Å². The average Bonchev–Trinajstić information content (AvgIpc) is 3.21. The molecule has 3 rings (SSSR count). The summed E-state index contributed by atoms with van der Waals surface area (Å²) in [7, 11) is 1.62. The molecule has 1 heterocycles. The zero-order valence-electron chi connectivity index (χ0n) is 18.2. The molecule has 0 aliphatic carbocycles. The van der Waals surface area contributed by atoms with Gasteiger partial charge in [0, 0.05) is 12.6 Å². The SMILES string of the molecule is CCn1c(SCC(=O)NC(C)c2ccccc2)nnc1C(C)Oc1cccc(OC)c1. The molecule has 3 aromatic rings. The van der Waals surface area contributed by atoms with Gasteiger partial charge in [0.25, 0.3) is 0 Å². The van der Waals surface area contributed by atoms with E-state index in [-0.39, 0.29) is 23.8 Å². The lowest BCUT2D eigenvalue weighted by molar-refractivity contribution is -0.119. The lowest BCUT2D eigenvalue weighted by Crippen LogP contribution is -2.28. The molecule has 0 aliphatic rings. The van der Waals surface area contributed by atoms with Gasteiger partial charge < -0.3 is 19.4 Å². The monoisotopic (exact) mass is 440 g/mol. The van der Waals surface area contributed by atoms with Gasteiger partial charge in [0.2, 0.25) is 5.91 Å². The number of aromatic nitrogens is 3. The Kier molecular flexibility index (Phi) is 7.94. The van der Waals surface area contributed by atoms with Crippen molar-refractivity contribution in [2.45, 2.75) is 44.6 Å². The Bertz CT molecular complexity index is 993. The maximum Gasteiger partial charge on any atom is 0.230 e. The van der Waals surface area contributed by atoms with Crippen molar-refractivity contribution in [1.29, 1.82) is 0 Å². The molecule has 0 saturated carbocycles. The van der Waals surface area contributed by atoms with Crippen molar-refractivity contribution in [3.05, 3.63) is 66.0 Å². The van der Waals surface area contributed by atoms with Crippen LogP contribution in [-0.2, 0) is 11.3 Å². The smallest absolute Gasteiger partial charge is 0.230 e. The summed E-state index contributed by atoms with van der Waals surface area (Å²) in [4.78, 5) is 12.4.